The van der Waals surface area contributed by atoms with Crippen LogP contribution in [0.1, 0.15) is 17.3 Å². The number of rotatable bonds is 6. The van der Waals surface area contributed by atoms with Gasteiger partial charge in [0.15, 0.2) is 11.5 Å². The lowest BCUT2D eigenvalue weighted by atomic mass is 10.2. The van der Waals surface area contributed by atoms with Crippen molar-refractivity contribution < 1.29 is 23.5 Å². The van der Waals surface area contributed by atoms with Gasteiger partial charge in [0.2, 0.25) is 12.7 Å². The monoisotopic (exact) mass is 438 g/mol. The molecule has 31 heavy (non-hydrogen) atoms. The first kappa shape index (κ1) is 20.7. The van der Waals surface area contributed by atoms with Gasteiger partial charge in [-0.2, -0.15) is 0 Å². The second-order valence-electron chi connectivity index (χ2n) is 6.80. The van der Waals surface area contributed by atoms with E-state index in [-0.39, 0.29) is 23.9 Å². The molecule has 1 unspecified atom stereocenters. The third kappa shape index (κ3) is 5.16. The fourth-order valence-electron chi connectivity index (χ4n) is 2.90. The molecule has 1 heterocycles. The van der Waals surface area contributed by atoms with Gasteiger partial charge in [0.05, 0.1) is 5.25 Å². The Hall–Kier alpha value is -3.52. The first-order valence-corrected chi connectivity index (χ1v) is 10.4. The molecule has 0 radical (unpaired) electrons. The fraction of sp³-hybridized carbons (Fsp3) is 0.130. The molecule has 0 aliphatic carbocycles. The molecular weight excluding hydrogens is 419 g/mol. The number of fused-ring (bicyclic) bond motifs is 1. The highest BCUT2D eigenvalue weighted by molar-refractivity contribution is 8.00. The van der Waals surface area contributed by atoms with E-state index in [1.807, 2.05) is 19.1 Å². The third-order valence-electron chi connectivity index (χ3n) is 4.54. The molecule has 3 aromatic rings. The van der Waals surface area contributed by atoms with Crippen LogP contribution in [0.2, 0.25) is 0 Å². The molecule has 6 nitrogen and oxygen atoms in total. The van der Waals surface area contributed by atoms with E-state index >= 15 is 0 Å². The SMILES string of the molecule is CC(Sc1ccc(NC(=O)c2ccc(F)cc2)cc1)C(=O)Nc1ccc2c(c1)OCO2. The second kappa shape index (κ2) is 9.09. The summed E-state index contributed by atoms with van der Waals surface area (Å²) >= 11 is 1.40. The molecule has 3 aromatic carbocycles. The van der Waals surface area contributed by atoms with E-state index in [0.717, 1.165) is 4.90 Å². The molecule has 4 rings (SSSR count). The molecule has 0 saturated carbocycles. The molecule has 1 aliphatic rings. The first-order valence-electron chi connectivity index (χ1n) is 9.52. The van der Waals surface area contributed by atoms with Gasteiger partial charge >= 0.3 is 0 Å². The van der Waals surface area contributed by atoms with Gasteiger partial charge in [-0.3, -0.25) is 9.59 Å². The zero-order valence-corrected chi connectivity index (χ0v) is 17.4. The smallest absolute Gasteiger partial charge is 0.255 e. The molecule has 0 bridgehead atoms. The fourth-order valence-corrected chi connectivity index (χ4v) is 3.76. The number of carbonyl (C=O) groups excluding carboxylic acids is 2. The molecule has 1 aliphatic heterocycles. The number of halogens is 1. The Labute approximate surface area is 182 Å². The molecule has 8 heteroatoms. The standard InChI is InChI=1S/C23H19FN2O4S/c1-14(22(27)26-18-8-11-20-21(12-18)30-13-29-20)31-19-9-6-17(7-10-19)25-23(28)15-2-4-16(24)5-3-15/h2-12,14H,13H2,1H3,(H,25,28)(H,26,27). The Balaban J connectivity index is 1.32. The van der Waals surface area contributed by atoms with Crippen molar-refractivity contribution in [1.82, 2.24) is 0 Å². The van der Waals surface area contributed by atoms with Crippen LogP contribution in [-0.4, -0.2) is 23.9 Å². The minimum absolute atomic E-state index is 0.141. The number of hydrogen-bond acceptors (Lipinski definition) is 5. The van der Waals surface area contributed by atoms with Crippen LogP contribution >= 0.6 is 11.8 Å². The van der Waals surface area contributed by atoms with Crippen molar-refractivity contribution in [3.05, 3.63) is 78.1 Å². The van der Waals surface area contributed by atoms with Crippen LogP contribution in [0.25, 0.3) is 0 Å². The Morgan fingerprint density at radius 3 is 2.32 bits per heavy atom. The summed E-state index contributed by atoms with van der Waals surface area (Å²) in [6.07, 6.45) is 0. The van der Waals surface area contributed by atoms with Crippen molar-refractivity contribution in [2.75, 3.05) is 17.4 Å². The maximum Gasteiger partial charge on any atom is 0.255 e. The van der Waals surface area contributed by atoms with Gasteiger partial charge in [-0.15, -0.1) is 11.8 Å². The highest BCUT2D eigenvalue weighted by Gasteiger charge is 2.18. The van der Waals surface area contributed by atoms with Crippen molar-refractivity contribution in [1.29, 1.82) is 0 Å². The van der Waals surface area contributed by atoms with Gasteiger partial charge in [0.25, 0.3) is 5.91 Å². The lowest BCUT2D eigenvalue weighted by molar-refractivity contribution is -0.115. The highest BCUT2D eigenvalue weighted by Crippen LogP contribution is 2.34. The summed E-state index contributed by atoms with van der Waals surface area (Å²) in [5.41, 5.74) is 1.62. The number of carbonyl (C=O) groups is 2. The summed E-state index contributed by atoms with van der Waals surface area (Å²) in [6, 6.07) is 17.8. The van der Waals surface area contributed by atoms with Gasteiger partial charge < -0.3 is 20.1 Å². The number of benzene rings is 3. The lowest BCUT2D eigenvalue weighted by Crippen LogP contribution is -2.22. The second-order valence-corrected chi connectivity index (χ2v) is 8.22. The van der Waals surface area contributed by atoms with Crippen LogP contribution < -0.4 is 20.1 Å². The molecule has 1 atom stereocenters. The summed E-state index contributed by atoms with van der Waals surface area (Å²) in [7, 11) is 0. The number of nitrogens with one attached hydrogen (secondary N) is 2. The summed E-state index contributed by atoms with van der Waals surface area (Å²) in [5.74, 6) is 0.410. The van der Waals surface area contributed by atoms with E-state index in [1.165, 1.54) is 36.0 Å². The van der Waals surface area contributed by atoms with Crippen LogP contribution in [0.5, 0.6) is 11.5 Å². The van der Waals surface area contributed by atoms with E-state index in [2.05, 4.69) is 10.6 Å². The van der Waals surface area contributed by atoms with E-state index < -0.39 is 5.82 Å². The largest absolute Gasteiger partial charge is 0.454 e. The van der Waals surface area contributed by atoms with Gasteiger partial charge in [-0.25, -0.2) is 4.39 Å². The number of ether oxygens (including phenoxy) is 2. The van der Waals surface area contributed by atoms with Crippen molar-refractivity contribution in [2.24, 2.45) is 0 Å². The van der Waals surface area contributed by atoms with Gasteiger partial charge in [-0.05, 0) is 67.6 Å². The first-order chi connectivity index (χ1) is 15.0. The maximum atomic E-state index is 13.0. The maximum absolute atomic E-state index is 13.0. The molecule has 2 amide bonds. The van der Waals surface area contributed by atoms with Crippen LogP contribution in [-0.2, 0) is 4.79 Å². The molecule has 0 spiro atoms. The number of thioether (sulfide) groups is 1. The van der Waals surface area contributed by atoms with E-state index in [0.29, 0.717) is 28.4 Å². The Kier molecular flexibility index (Phi) is 6.08. The van der Waals surface area contributed by atoms with Crippen molar-refractivity contribution in [2.45, 2.75) is 17.1 Å². The van der Waals surface area contributed by atoms with Crippen molar-refractivity contribution in [3.63, 3.8) is 0 Å². The molecule has 158 valence electrons. The van der Waals surface area contributed by atoms with Crippen LogP contribution in [0.4, 0.5) is 15.8 Å². The zero-order valence-electron chi connectivity index (χ0n) is 16.6. The highest BCUT2D eigenvalue weighted by atomic mass is 32.2. The van der Waals surface area contributed by atoms with E-state index in [1.54, 1.807) is 30.3 Å². The summed E-state index contributed by atoms with van der Waals surface area (Å²) < 4.78 is 23.6. The normalized spacial score (nSPS) is 12.8. The van der Waals surface area contributed by atoms with Gasteiger partial charge in [0.1, 0.15) is 5.82 Å². The van der Waals surface area contributed by atoms with Crippen LogP contribution in [0.15, 0.2) is 71.6 Å². The Morgan fingerprint density at radius 2 is 1.58 bits per heavy atom. The van der Waals surface area contributed by atoms with Gasteiger partial charge in [-0.1, -0.05) is 0 Å². The predicted octanol–water partition coefficient (Wildman–Crippen LogP) is 4.93. The van der Waals surface area contributed by atoms with Gasteiger partial charge in [0, 0.05) is 27.9 Å². The Bertz CT molecular complexity index is 1100. The quantitative estimate of drug-likeness (QED) is 0.534. The molecule has 2 N–H and O–H groups in total. The molecule has 0 fully saturated rings. The minimum Gasteiger partial charge on any atom is -0.454 e. The third-order valence-corrected chi connectivity index (χ3v) is 5.65. The zero-order chi connectivity index (χ0) is 21.8. The Morgan fingerprint density at radius 1 is 0.903 bits per heavy atom. The number of anilines is 2. The average Bonchev–Trinajstić information content (AvgIpc) is 3.23. The number of hydrogen-bond donors (Lipinski definition) is 2. The number of amides is 2. The van der Waals surface area contributed by atoms with Crippen molar-refractivity contribution in [3.8, 4) is 11.5 Å². The average molecular weight is 438 g/mol. The minimum atomic E-state index is -0.394. The van der Waals surface area contributed by atoms with E-state index in [4.69, 9.17) is 9.47 Å². The topological polar surface area (TPSA) is 76.7 Å². The summed E-state index contributed by atoms with van der Waals surface area (Å²) in [4.78, 5) is 25.6. The molecular formula is C23H19FN2O4S. The molecule has 0 aromatic heterocycles. The van der Waals surface area contributed by atoms with Crippen LogP contribution in [0.3, 0.4) is 0 Å². The molecule has 0 saturated heterocycles. The summed E-state index contributed by atoms with van der Waals surface area (Å²) in [5, 5.41) is 5.29. The van der Waals surface area contributed by atoms with Crippen molar-refractivity contribution >= 4 is 35.0 Å². The van der Waals surface area contributed by atoms with E-state index in [9.17, 15) is 14.0 Å². The lowest BCUT2D eigenvalue weighted by Gasteiger charge is -2.13. The van der Waals surface area contributed by atoms with Crippen LogP contribution in [0, 0.1) is 5.82 Å². The summed E-state index contributed by atoms with van der Waals surface area (Å²) in [6.45, 7) is 2.00. The predicted molar refractivity (Wildman–Crippen MR) is 117 cm³/mol.